The molecule has 3 fully saturated rings. The maximum Gasteiger partial charge on any atom is 0.222 e. The van der Waals surface area contributed by atoms with Crippen LogP contribution in [0.5, 0.6) is 0 Å². The molecule has 2 amide bonds. The predicted octanol–water partition coefficient (Wildman–Crippen LogP) is 3.32. The van der Waals surface area contributed by atoms with Crippen LogP contribution in [-0.2, 0) is 16.1 Å². The fourth-order valence-electron chi connectivity index (χ4n) is 6.43. The van der Waals surface area contributed by atoms with Gasteiger partial charge in [-0.3, -0.25) is 19.5 Å². The molecule has 3 saturated heterocycles. The second-order valence-electron chi connectivity index (χ2n) is 9.63. The molecule has 0 N–H and O–H groups in total. The molecular formula is C25H38N4O2. The van der Waals surface area contributed by atoms with Crippen LogP contribution in [0.2, 0.25) is 0 Å². The summed E-state index contributed by atoms with van der Waals surface area (Å²) in [5.41, 5.74) is 1.12. The summed E-state index contributed by atoms with van der Waals surface area (Å²) in [6.45, 7) is 8.49. The fraction of sp³-hybridized carbons (Fsp3) is 0.720. The highest BCUT2D eigenvalue weighted by Crippen LogP contribution is 2.43. The van der Waals surface area contributed by atoms with E-state index >= 15 is 0 Å². The van der Waals surface area contributed by atoms with Gasteiger partial charge < -0.3 is 9.80 Å². The Morgan fingerprint density at radius 1 is 1.16 bits per heavy atom. The maximum absolute atomic E-state index is 12.9. The molecule has 4 heterocycles. The molecule has 0 aliphatic carbocycles. The van der Waals surface area contributed by atoms with Crippen LogP contribution in [0, 0.1) is 11.8 Å². The Kier molecular flexibility index (Phi) is 7.26. The summed E-state index contributed by atoms with van der Waals surface area (Å²) in [7, 11) is 0. The van der Waals surface area contributed by atoms with Crippen molar-refractivity contribution in [2.75, 3.05) is 26.2 Å². The lowest BCUT2D eigenvalue weighted by Gasteiger charge is -2.57. The predicted molar refractivity (Wildman–Crippen MR) is 121 cm³/mol. The number of carbonyl (C=O) groups excluding carboxylic acids is 2. The number of carbonyl (C=O) groups is 2. The number of amides is 2. The first kappa shape index (κ1) is 22.3. The van der Waals surface area contributed by atoms with E-state index in [0.29, 0.717) is 43.4 Å². The molecule has 6 nitrogen and oxygen atoms in total. The van der Waals surface area contributed by atoms with Gasteiger partial charge in [-0.1, -0.05) is 0 Å². The molecule has 6 heteroatoms. The highest BCUT2D eigenvalue weighted by Gasteiger charge is 2.48. The molecule has 170 valence electrons. The van der Waals surface area contributed by atoms with Crippen molar-refractivity contribution in [2.45, 2.75) is 77.4 Å². The molecule has 0 saturated carbocycles. The standard InChI is InChI=1S/C25H38N4O2/c1-3-27(17-20-11-13-26-14-12-20)24(31)10-4-9-23-22-8-6-16-28-15-5-7-21(25(22)28)18-29(23)19(2)30/h11-14,21-23,25H,3-10,15-18H2,1-2H3/t21-,22+,23+,25-/m0/s1. The molecule has 31 heavy (non-hydrogen) atoms. The number of likely N-dealkylation sites (tertiary alicyclic amines) is 1. The summed E-state index contributed by atoms with van der Waals surface area (Å²) in [6.07, 6.45) is 10.9. The van der Waals surface area contributed by atoms with E-state index in [9.17, 15) is 9.59 Å². The monoisotopic (exact) mass is 426 g/mol. The summed E-state index contributed by atoms with van der Waals surface area (Å²) in [5, 5.41) is 0. The lowest BCUT2D eigenvalue weighted by Crippen LogP contribution is -2.65. The van der Waals surface area contributed by atoms with Gasteiger partial charge in [0.15, 0.2) is 0 Å². The van der Waals surface area contributed by atoms with Gasteiger partial charge in [0.25, 0.3) is 0 Å². The summed E-state index contributed by atoms with van der Waals surface area (Å²) < 4.78 is 0. The van der Waals surface area contributed by atoms with Crippen molar-refractivity contribution in [3.63, 3.8) is 0 Å². The smallest absolute Gasteiger partial charge is 0.222 e. The van der Waals surface area contributed by atoms with Crippen LogP contribution >= 0.6 is 0 Å². The quantitative estimate of drug-likeness (QED) is 0.671. The molecule has 4 rings (SSSR count). The van der Waals surface area contributed by atoms with Crippen molar-refractivity contribution >= 4 is 11.8 Å². The van der Waals surface area contributed by atoms with Gasteiger partial charge in [-0.05, 0) is 88.1 Å². The second-order valence-corrected chi connectivity index (χ2v) is 9.63. The third-order valence-corrected chi connectivity index (χ3v) is 7.82. The van der Waals surface area contributed by atoms with Gasteiger partial charge in [0.05, 0.1) is 0 Å². The first-order valence-corrected chi connectivity index (χ1v) is 12.3. The first-order chi connectivity index (χ1) is 15.1. The highest BCUT2D eigenvalue weighted by molar-refractivity contribution is 5.76. The first-order valence-electron chi connectivity index (χ1n) is 12.3. The third kappa shape index (κ3) is 4.94. The highest BCUT2D eigenvalue weighted by atomic mass is 16.2. The normalized spacial score (nSPS) is 28.1. The minimum Gasteiger partial charge on any atom is -0.339 e. The lowest BCUT2D eigenvalue weighted by molar-refractivity contribution is -0.144. The van der Waals surface area contributed by atoms with Crippen molar-refractivity contribution in [3.8, 4) is 0 Å². The zero-order valence-electron chi connectivity index (χ0n) is 19.2. The van der Waals surface area contributed by atoms with E-state index in [0.717, 1.165) is 24.9 Å². The summed E-state index contributed by atoms with van der Waals surface area (Å²) in [6, 6.07) is 4.89. The molecule has 0 unspecified atom stereocenters. The largest absolute Gasteiger partial charge is 0.339 e. The second kappa shape index (κ2) is 10.1. The van der Waals surface area contributed by atoms with Crippen LogP contribution in [-0.4, -0.2) is 69.8 Å². The van der Waals surface area contributed by atoms with Gasteiger partial charge in [-0.2, -0.15) is 0 Å². The Labute approximate surface area is 187 Å². The minimum absolute atomic E-state index is 0.213. The van der Waals surface area contributed by atoms with Gasteiger partial charge in [-0.15, -0.1) is 0 Å². The Hall–Kier alpha value is -1.95. The molecule has 0 radical (unpaired) electrons. The zero-order valence-corrected chi connectivity index (χ0v) is 19.2. The molecule has 1 aromatic rings. The SMILES string of the molecule is CCN(Cc1ccncc1)C(=O)CCC[C@@H]1[C@H]2CCCN3CCC[C@@H](CN1C(C)=O)[C@@H]23. The van der Waals surface area contributed by atoms with E-state index in [1.54, 1.807) is 19.3 Å². The number of pyridine rings is 1. The van der Waals surface area contributed by atoms with E-state index < -0.39 is 0 Å². The van der Waals surface area contributed by atoms with E-state index in [2.05, 4.69) is 14.8 Å². The van der Waals surface area contributed by atoms with Gasteiger partial charge >= 0.3 is 0 Å². The number of nitrogens with zero attached hydrogens (tertiary/aromatic N) is 4. The van der Waals surface area contributed by atoms with E-state index in [1.165, 1.54) is 38.8 Å². The van der Waals surface area contributed by atoms with Crippen LogP contribution in [0.3, 0.4) is 0 Å². The van der Waals surface area contributed by atoms with E-state index in [4.69, 9.17) is 0 Å². The number of hydrogen-bond donors (Lipinski definition) is 0. The summed E-state index contributed by atoms with van der Waals surface area (Å²) >= 11 is 0. The van der Waals surface area contributed by atoms with Gasteiger partial charge in [-0.25, -0.2) is 0 Å². The Bertz CT molecular complexity index is 753. The van der Waals surface area contributed by atoms with E-state index in [1.807, 2.05) is 24.0 Å². The van der Waals surface area contributed by atoms with Gasteiger partial charge in [0.2, 0.25) is 11.8 Å². The van der Waals surface area contributed by atoms with Gasteiger partial charge in [0.1, 0.15) is 0 Å². The topological polar surface area (TPSA) is 56.8 Å². The van der Waals surface area contributed by atoms with Crippen molar-refractivity contribution < 1.29 is 9.59 Å². The lowest BCUT2D eigenvalue weighted by atomic mass is 9.69. The molecule has 0 spiro atoms. The van der Waals surface area contributed by atoms with Gasteiger partial charge in [0, 0.05) is 57.5 Å². The molecule has 0 aromatic carbocycles. The van der Waals surface area contributed by atoms with Crippen molar-refractivity contribution in [2.24, 2.45) is 11.8 Å². The number of rotatable bonds is 7. The van der Waals surface area contributed by atoms with Crippen LogP contribution in [0.15, 0.2) is 24.5 Å². The van der Waals surface area contributed by atoms with E-state index in [-0.39, 0.29) is 11.8 Å². The zero-order chi connectivity index (χ0) is 21.8. The molecule has 3 aliphatic rings. The number of aromatic nitrogens is 1. The molecular weight excluding hydrogens is 388 g/mol. The Balaban J connectivity index is 1.37. The number of piperidine rings is 3. The molecule has 0 bridgehead atoms. The molecule has 1 aromatic heterocycles. The average molecular weight is 427 g/mol. The average Bonchev–Trinajstić information content (AvgIpc) is 2.79. The fourth-order valence-corrected chi connectivity index (χ4v) is 6.43. The summed E-state index contributed by atoms with van der Waals surface area (Å²) in [4.78, 5) is 36.3. The Morgan fingerprint density at radius 2 is 1.90 bits per heavy atom. The summed E-state index contributed by atoms with van der Waals surface area (Å²) in [5.74, 6) is 1.64. The molecule has 3 aliphatic heterocycles. The minimum atomic E-state index is 0.213. The third-order valence-electron chi connectivity index (χ3n) is 7.82. The Morgan fingerprint density at radius 3 is 2.61 bits per heavy atom. The van der Waals surface area contributed by atoms with Crippen LogP contribution in [0.1, 0.15) is 64.4 Å². The van der Waals surface area contributed by atoms with Crippen LogP contribution in [0.4, 0.5) is 0 Å². The van der Waals surface area contributed by atoms with Crippen molar-refractivity contribution in [3.05, 3.63) is 30.1 Å². The van der Waals surface area contributed by atoms with Crippen LogP contribution in [0.25, 0.3) is 0 Å². The van der Waals surface area contributed by atoms with Crippen molar-refractivity contribution in [1.29, 1.82) is 0 Å². The maximum atomic E-state index is 12.9. The van der Waals surface area contributed by atoms with Crippen molar-refractivity contribution in [1.82, 2.24) is 19.7 Å². The number of hydrogen-bond acceptors (Lipinski definition) is 4. The van der Waals surface area contributed by atoms with Crippen LogP contribution < -0.4 is 0 Å². The molecule has 4 atom stereocenters.